The van der Waals surface area contributed by atoms with E-state index >= 15 is 0 Å². The van der Waals surface area contributed by atoms with E-state index in [1.54, 1.807) is 19.0 Å². The maximum Gasteiger partial charge on any atom is 0.261 e. The van der Waals surface area contributed by atoms with Gasteiger partial charge < -0.3 is 10.2 Å². The van der Waals surface area contributed by atoms with E-state index in [1.807, 2.05) is 11.4 Å². The number of thiophene rings is 1. The third-order valence-electron chi connectivity index (χ3n) is 4.33. The van der Waals surface area contributed by atoms with Crippen molar-refractivity contribution in [3.63, 3.8) is 0 Å². The molecule has 2 aromatic rings. The number of hydrogen-bond acceptors (Lipinski definition) is 3. The summed E-state index contributed by atoms with van der Waals surface area (Å²) >= 11 is 1.41. The molecule has 1 unspecified atom stereocenters. The van der Waals surface area contributed by atoms with E-state index in [-0.39, 0.29) is 18.0 Å². The number of hydrogen-bond donors (Lipinski definition) is 1. The van der Waals surface area contributed by atoms with Crippen molar-refractivity contribution in [2.75, 3.05) is 20.6 Å². The van der Waals surface area contributed by atoms with E-state index in [0.29, 0.717) is 10.8 Å². The number of nitrogens with zero attached hydrogens (tertiary/aromatic N) is 1. The van der Waals surface area contributed by atoms with Gasteiger partial charge in [-0.3, -0.25) is 4.79 Å². The van der Waals surface area contributed by atoms with Gasteiger partial charge in [-0.2, -0.15) is 0 Å². The zero-order valence-corrected chi connectivity index (χ0v) is 14.5. The molecule has 0 aliphatic heterocycles. The minimum Gasteiger partial charge on any atom is -0.349 e. The van der Waals surface area contributed by atoms with E-state index < -0.39 is 17.7 Å². The van der Waals surface area contributed by atoms with Crippen molar-refractivity contribution in [1.29, 1.82) is 0 Å². The summed E-state index contributed by atoms with van der Waals surface area (Å²) in [7, 11) is 3.48. The maximum absolute atomic E-state index is 14.1. The molecule has 1 amide bonds. The molecular formula is C18H20F2N2OS. The first-order valence-electron chi connectivity index (χ1n) is 7.95. The molecule has 0 radical (unpaired) electrons. The molecule has 1 saturated carbocycles. The summed E-state index contributed by atoms with van der Waals surface area (Å²) in [5, 5.41) is 4.76. The fourth-order valence-corrected chi connectivity index (χ4v) is 3.76. The predicted molar refractivity (Wildman–Crippen MR) is 91.4 cm³/mol. The number of carbonyl (C=O) groups excluding carboxylic acids is 1. The quantitative estimate of drug-likeness (QED) is 0.856. The average molecular weight is 350 g/mol. The van der Waals surface area contributed by atoms with Gasteiger partial charge in [0, 0.05) is 12.1 Å². The van der Waals surface area contributed by atoms with Crippen molar-refractivity contribution in [2.24, 2.45) is 0 Å². The van der Waals surface area contributed by atoms with Gasteiger partial charge in [-0.05, 0) is 62.0 Å². The fourth-order valence-electron chi connectivity index (χ4n) is 2.86. The van der Waals surface area contributed by atoms with Gasteiger partial charge >= 0.3 is 0 Å². The second-order valence-electron chi connectivity index (χ2n) is 6.30. The molecule has 1 aliphatic rings. The number of nitrogens with one attached hydrogen (secondary N) is 1. The van der Waals surface area contributed by atoms with Crippen LogP contribution in [0.5, 0.6) is 0 Å². The Hall–Kier alpha value is -1.79. The van der Waals surface area contributed by atoms with E-state index in [0.717, 1.165) is 18.4 Å². The van der Waals surface area contributed by atoms with Gasteiger partial charge in [0.1, 0.15) is 11.6 Å². The first kappa shape index (κ1) is 17.0. The Labute approximate surface area is 144 Å². The van der Waals surface area contributed by atoms with Crippen molar-refractivity contribution < 1.29 is 13.6 Å². The van der Waals surface area contributed by atoms with E-state index in [9.17, 15) is 13.6 Å². The zero-order valence-electron chi connectivity index (χ0n) is 13.7. The van der Waals surface area contributed by atoms with Gasteiger partial charge in [0.05, 0.1) is 10.9 Å². The number of amides is 1. The summed E-state index contributed by atoms with van der Waals surface area (Å²) < 4.78 is 28.1. The van der Waals surface area contributed by atoms with Crippen LogP contribution in [-0.2, 0) is 0 Å². The largest absolute Gasteiger partial charge is 0.349 e. The van der Waals surface area contributed by atoms with Crippen LogP contribution in [0.1, 0.15) is 45.6 Å². The average Bonchev–Trinajstić information content (AvgIpc) is 3.26. The van der Waals surface area contributed by atoms with E-state index in [4.69, 9.17) is 0 Å². The SMILES string of the molecule is CN(C)C(CNC(=O)c1sccc1C1CC1)c1c(F)cccc1F. The summed E-state index contributed by atoms with van der Waals surface area (Å²) in [6.07, 6.45) is 2.25. The monoisotopic (exact) mass is 350 g/mol. The Balaban J connectivity index is 1.75. The molecule has 0 saturated heterocycles. The Morgan fingerprint density at radius 3 is 2.54 bits per heavy atom. The van der Waals surface area contributed by atoms with Crippen LogP contribution in [0, 0.1) is 11.6 Å². The number of carbonyl (C=O) groups is 1. The number of benzene rings is 1. The number of rotatable bonds is 6. The van der Waals surface area contributed by atoms with Crippen LogP contribution in [-0.4, -0.2) is 31.4 Å². The first-order chi connectivity index (χ1) is 11.5. The molecule has 1 aromatic carbocycles. The lowest BCUT2D eigenvalue weighted by Crippen LogP contribution is -2.35. The summed E-state index contributed by atoms with van der Waals surface area (Å²) in [4.78, 5) is 14.9. The highest BCUT2D eigenvalue weighted by Crippen LogP contribution is 2.43. The Bertz CT molecular complexity index is 720. The molecule has 1 fully saturated rings. The maximum atomic E-state index is 14.1. The lowest BCUT2D eigenvalue weighted by atomic mass is 10.0. The molecule has 6 heteroatoms. The molecule has 1 N–H and O–H groups in total. The molecule has 0 spiro atoms. The molecule has 1 atom stereocenters. The van der Waals surface area contributed by atoms with E-state index in [1.165, 1.54) is 29.5 Å². The Morgan fingerprint density at radius 2 is 1.96 bits per heavy atom. The van der Waals surface area contributed by atoms with Gasteiger partial charge in [0.15, 0.2) is 0 Å². The molecule has 1 aliphatic carbocycles. The standard InChI is InChI=1S/C18H20F2N2OS/c1-22(2)15(16-13(19)4-3-5-14(16)20)10-21-18(23)17-12(8-9-24-17)11-6-7-11/h3-5,8-9,11,15H,6-7,10H2,1-2H3,(H,21,23). The first-order valence-corrected chi connectivity index (χ1v) is 8.83. The highest BCUT2D eigenvalue weighted by molar-refractivity contribution is 7.12. The van der Waals surface area contributed by atoms with Crippen LogP contribution in [0.25, 0.3) is 0 Å². The third-order valence-corrected chi connectivity index (χ3v) is 5.26. The van der Waals surface area contributed by atoms with Crippen LogP contribution in [0.15, 0.2) is 29.6 Å². The van der Waals surface area contributed by atoms with Crippen LogP contribution in [0.3, 0.4) is 0 Å². The fraction of sp³-hybridized carbons (Fsp3) is 0.389. The van der Waals surface area contributed by atoms with Crippen molar-refractivity contribution in [3.8, 4) is 0 Å². The van der Waals surface area contributed by atoms with E-state index in [2.05, 4.69) is 5.32 Å². The second kappa shape index (κ2) is 6.99. The van der Waals surface area contributed by atoms with Crippen molar-refractivity contribution in [2.45, 2.75) is 24.8 Å². The third kappa shape index (κ3) is 3.49. The molecular weight excluding hydrogens is 330 g/mol. The number of halogens is 2. The topological polar surface area (TPSA) is 32.3 Å². The highest BCUT2D eigenvalue weighted by atomic mass is 32.1. The minimum atomic E-state index is -0.599. The molecule has 0 bridgehead atoms. The van der Waals surface area contributed by atoms with Gasteiger partial charge in [0.2, 0.25) is 0 Å². The molecule has 3 rings (SSSR count). The lowest BCUT2D eigenvalue weighted by Gasteiger charge is -2.25. The Morgan fingerprint density at radius 1 is 1.29 bits per heavy atom. The van der Waals surface area contributed by atoms with Crippen LogP contribution < -0.4 is 5.32 Å². The van der Waals surface area contributed by atoms with Crippen LogP contribution in [0.4, 0.5) is 8.78 Å². The molecule has 1 heterocycles. The molecule has 24 heavy (non-hydrogen) atoms. The predicted octanol–water partition coefficient (Wildman–Crippen LogP) is 3.94. The van der Waals surface area contributed by atoms with Crippen molar-refractivity contribution >= 4 is 17.2 Å². The molecule has 3 nitrogen and oxygen atoms in total. The Kier molecular flexibility index (Phi) is 4.96. The zero-order chi connectivity index (χ0) is 17.3. The normalized spacial score (nSPS) is 15.5. The molecule has 1 aromatic heterocycles. The number of likely N-dealkylation sites (N-methyl/N-ethyl adjacent to an activating group) is 1. The summed E-state index contributed by atoms with van der Waals surface area (Å²) in [6, 6.07) is 5.24. The highest BCUT2D eigenvalue weighted by Gasteiger charge is 2.29. The van der Waals surface area contributed by atoms with Crippen molar-refractivity contribution in [3.05, 3.63) is 57.3 Å². The van der Waals surface area contributed by atoms with Crippen LogP contribution in [0.2, 0.25) is 0 Å². The summed E-state index contributed by atoms with van der Waals surface area (Å²) in [5.41, 5.74) is 1.08. The second-order valence-corrected chi connectivity index (χ2v) is 7.22. The van der Waals surface area contributed by atoms with Gasteiger partial charge in [-0.25, -0.2) is 8.78 Å². The van der Waals surface area contributed by atoms with Gasteiger partial charge in [-0.15, -0.1) is 11.3 Å². The lowest BCUT2D eigenvalue weighted by molar-refractivity contribution is 0.0944. The van der Waals surface area contributed by atoms with Crippen LogP contribution >= 0.6 is 11.3 Å². The van der Waals surface area contributed by atoms with Gasteiger partial charge in [0.25, 0.3) is 5.91 Å². The summed E-state index contributed by atoms with van der Waals surface area (Å²) in [5.74, 6) is -0.878. The molecule has 128 valence electrons. The smallest absolute Gasteiger partial charge is 0.261 e. The van der Waals surface area contributed by atoms with Crippen molar-refractivity contribution in [1.82, 2.24) is 10.2 Å². The summed E-state index contributed by atoms with van der Waals surface area (Å²) in [6.45, 7) is 0.145. The minimum absolute atomic E-state index is 0.0172. The van der Waals surface area contributed by atoms with Gasteiger partial charge in [-0.1, -0.05) is 6.07 Å².